The molecule has 0 aliphatic carbocycles. The van der Waals surface area contributed by atoms with Crippen molar-refractivity contribution in [3.05, 3.63) is 74.4 Å². The van der Waals surface area contributed by atoms with Gasteiger partial charge in [-0.15, -0.1) is 26.3 Å². The van der Waals surface area contributed by atoms with Crippen LogP contribution in [0.15, 0.2) is 74.4 Å². The van der Waals surface area contributed by atoms with E-state index in [-0.39, 0.29) is 0 Å². The van der Waals surface area contributed by atoms with Crippen molar-refractivity contribution >= 4 is 0 Å². The summed E-state index contributed by atoms with van der Waals surface area (Å²) in [7, 11) is 0. The van der Waals surface area contributed by atoms with E-state index in [2.05, 4.69) is 82.7 Å². The van der Waals surface area contributed by atoms with Crippen LogP contribution in [0.2, 0.25) is 0 Å². The Morgan fingerprint density at radius 3 is 0.833 bits per heavy atom. The van der Waals surface area contributed by atoms with E-state index < -0.39 is 0 Å². The fourth-order valence-electron chi connectivity index (χ4n) is 13.9. The summed E-state index contributed by atoms with van der Waals surface area (Å²) in [5.41, 5.74) is 1.87. The highest BCUT2D eigenvalue weighted by atomic mass is 14.3. The van der Waals surface area contributed by atoms with Crippen molar-refractivity contribution in [3.8, 4) is 0 Å². The van der Waals surface area contributed by atoms with Gasteiger partial charge in [-0.3, -0.25) is 0 Å². The van der Waals surface area contributed by atoms with E-state index in [9.17, 15) is 0 Å². The first-order valence-electron chi connectivity index (χ1n) is 39.4. The van der Waals surface area contributed by atoms with Crippen molar-refractivity contribution in [1.82, 2.24) is 0 Å². The zero-order chi connectivity index (χ0) is 60.6. The maximum Gasteiger partial charge on any atom is -0.0319 e. The zero-order valence-electron chi connectivity index (χ0n) is 58.5. The summed E-state index contributed by atoms with van der Waals surface area (Å²) >= 11 is 0. The predicted octanol–water partition coefficient (Wildman–Crippen LogP) is 31.2. The van der Waals surface area contributed by atoms with Gasteiger partial charge in [0, 0.05) is 0 Å². The average Bonchev–Trinajstić information content (AvgIpc) is 3.60. The van der Waals surface area contributed by atoms with E-state index in [1.807, 2.05) is 5.57 Å². The van der Waals surface area contributed by atoms with Gasteiger partial charge >= 0.3 is 0 Å². The number of hydrogen-bond acceptors (Lipinski definition) is 0. The van der Waals surface area contributed by atoms with Crippen LogP contribution in [0.4, 0.5) is 0 Å². The van der Waals surface area contributed by atoms with E-state index in [1.54, 1.807) is 0 Å². The summed E-state index contributed by atoms with van der Waals surface area (Å²) in [5.74, 6) is 2.75. The molecule has 3 unspecified atom stereocenters. The fourth-order valence-corrected chi connectivity index (χ4v) is 13.9. The van der Waals surface area contributed by atoms with Crippen LogP contribution in [-0.2, 0) is 0 Å². The summed E-state index contributed by atoms with van der Waals surface area (Å²) in [6.45, 7) is 20.4. The molecule has 84 heavy (non-hydrogen) atoms. The number of rotatable bonds is 75. The molecule has 0 heterocycles. The second kappa shape index (κ2) is 73.9. The Morgan fingerprint density at radius 2 is 0.512 bits per heavy atom. The van der Waals surface area contributed by atoms with Gasteiger partial charge in [0.05, 0.1) is 0 Å². The third-order valence-electron chi connectivity index (χ3n) is 19.6. The Bertz CT molecular complexity index is 1330. The molecule has 0 aliphatic rings. The first-order chi connectivity index (χ1) is 41.7. The van der Waals surface area contributed by atoms with E-state index in [0.29, 0.717) is 0 Å². The summed E-state index contributed by atoms with van der Waals surface area (Å²) in [6, 6.07) is 0. The normalized spacial score (nSPS) is 13.0. The molecule has 3 atom stereocenters. The molecule has 0 bridgehead atoms. The molecule has 0 aromatic rings. The topological polar surface area (TPSA) is 0 Å². The number of hydrogen-bond donors (Lipinski definition) is 0. The molecular formula is C84H158. The lowest BCUT2D eigenvalue weighted by atomic mass is 9.74. The van der Waals surface area contributed by atoms with Crippen LogP contribution in [0, 0.1) is 17.8 Å². The lowest BCUT2D eigenvalue weighted by Gasteiger charge is -2.31. The minimum absolute atomic E-state index is 0.875. The number of allylic oxidation sites excluding steroid dienone is 8. The van der Waals surface area contributed by atoms with Crippen molar-refractivity contribution < 1.29 is 0 Å². The van der Waals surface area contributed by atoms with Crippen LogP contribution in [0.3, 0.4) is 0 Å². The third kappa shape index (κ3) is 64.9. The summed E-state index contributed by atoms with van der Waals surface area (Å²) in [5, 5.41) is 0. The van der Waals surface area contributed by atoms with Gasteiger partial charge < -0.3 is 0 Å². The molecule has 494 valence electrons. The Kier molecular flexibility index (Phi) is 72.5. The minimum Gasteiger partial charge on any atom is -0.103 e. The molecular weight excluding hydrogens is 1010 g/mol. The van der Waals surface area contributed by atoms with Crippen molar-refractivity contribution in [2.45, 2.75) is 444 Å². The molecule has 0 nitrogen and oxygen atoms in total. The van der Waals surface area contributed by atoms with E-state index in [0.717, 1.165) is 17.8 Å². The SMILES string of the molecule is C=CCCCCCCCCCCCCCC(CCCCCC)C(CCCCCCCCCCCCC=C)CC(CC=C(CCCCCCCCCCC=CCCC)CCCCCCCCCCCCC=C)CCCCCCCCCCCC=C. The smallest absolute Gasteiger partial charge is 0.0319 e. The first kappa shape index (κ1) is 82.4. The van der Waals surface area contributed by atoms with Crippen LogP contribution in [0.1, 0.15) is 444 Å². The lowest BCUT2D eigenvalue weighted by Crippen LogP contribution is -2.20. The van der Waals surface area contributed by atoms with Crippen LogP contribution >= 0.6 is 0 Å². The van der Waals surface area contributed by atoms with Gasteiger partial charge in [-0.25, -0.2) is 0 Å². The molecule has 0 N–H and O–H groups in total. The standard InChI is InChI=1S/C84H158/c1-7-13-19-25-30-35-40-44-48-52-57-62-67-73-81(72-66-61-56-51-47-42-37-32-27-21-15-9-3)78-79-82(74-68-63-58-53-46-39-34-29-23-17-11-5)80-84(77-71-65-60-55-49-43-38-33-28-22-16-10-4)83(75-69-24-18-12-6)76-70-64-59-54-50-45-41-36-31-26-20-14-8-2/h8-11,19,25,78,82-84H,2-5,7,12-18,20-24,26-77,79-80H2,1,6H3. The van der Waals surface area contributed by atoms with Crippen molar-refractivity contribution in [2.75, 3.05) is 0 Å². The Morgan fingerprint density at radius 1 is 0.250 bits per heavy atom. The second-order valence-corrected chi connectivity index (χ2v) is 27.8. The van der Waals surface area contributed by atoms with Gasteiger partial charge in [0.25, 0.3) is 0 Å². The molecule has 0 saturated carbocycles. The molecule has 0 radical (unpaired) electrons. The van der Waals surface area contributed by atoms with Gasteiger partial charge in [0.15, 0.2) is 0 Å². The quantitative estimate of drug-likeness (QED) is 0.0421. The average molecular weight is 1170 g/mol. The number of unbranched alkanes of at least 4 members (excludes halogenated alkanes) is 52. The Labute approximate surface area is 533 Å². The summed E-state index contributed by atoms with van der Waals surface area (Å²) < 4.78 is 0. The Hall–Kier alpha value is -1.56. The lowest BCUT2D eigenvalue weighted by molar-refractivity contribution is 0.206. The largest absolute Gasteiger partial charge is 0.103 e. The predicted molar refractivity (Wildman–Crippen MR) is 389 cm³/mol. The van der Waals surface area contributed by atoms with Gasteiger partial charge in [-0.05, 0) is 127 Å². The zero-order valence-corrected chi connectivity index (χ0v) is 58.5. The van der Waals surface area contributed by atoms with Gasteiger partial charge in [-0.2, -0.15) is 0 Å². The molecule has 0 amide bonds. The second-order valence-electron chi connectivity index (χ2n) is 27.8. The highest BCUT2D eigenvalue weighted by Gasteiger charge is 2.24. The van der Waals surface area contributed by atoms with Crippen LogP contribution < -0.4 is 0 Å². The van der Waals surface area contributed by atoms with Crippen molar-refractivity contribution in [3.63, 3.8) is 0 Å². The first-order valence-corrected chi connectivity index (χ1v) is 39.4. The molecule has 0 heteroatoms. The molecule has 0 rings (SSSR count). The molecule has 0 aliphatic heterocycles. The van der Waals surface area contributed by atoms with Gasteiger partial charge in [0.1, 0.15) is 0 Å². The van der Waals surface area contributed by atoms with Gasteiger partial charge in [-0.1, -0.05) is 383 Å². The van der Waals surface area contributed by atoms with Crippen molar-refractivity contribution in [2.24, 2.45) is 17.8 Å². The highest BCUT2D eigenvalue weighted by molar-refractivity contribution is 5.03. The van der Waals surface area contributed by atoms with Gasteiger partial charge in [0.2, 0.25) is 0 Å². The molecule has 0 fully saturated rings. The summed E-state index contributed by atoms with van der Waals surface area (Å²) in [4.78, 5) is 0. The molecule has 0 spiro atoms. The molecule has 0 aromatic carbocycles. The van der Waals surface area contributed by atoms with E-state index in [4.69, 9.17) is 0 Å². The van der Waals surface area contributed by atoms with Crippen LogP contribution in [0.25, 0.3) is 0 Å². The minimum atomic E-state index is 0.875. The summed E-state index contributed by atoms with van der Waals surface area (Å²) in [6.07, 6.45) is 111. The molecule has 0 aromatic heterocycles. The maximum atomic E-state index is 3.95. The maximum absolute atomic E-state index is 3.95. The fraction of sp³-hybridized carbons (Fsp3) is 0.857. The van der Waals surface area contributed by atoms with Crippen molar-refractivity contribution in [1.29, 1.82) is 0 Å². The Balaban J connectivity index is 6.25. The van der Waals surface area contributed by atoms with Crippen LogP contribution in [-0.4, -0.2) is 0 Å². The highest BCUT2D eigenvalue weighted by Crippen LogP contribution is 2.37. The van der Waals surface area contributed by atoms with E-state index >= 15 is 0 Å². The van der Waals surface area contributed by atoms with Crippen LogP contribution in [0.5, 0.6) is 0 Å². The monoisotopic (exact) mass is 1170 g/mol. The third-order valence-corrected chi connectivity index (χ3v) is 19.6. The van der Waals surface area contributed by atoms with E-state index in [1.165, 1.54) is 430 Å². The molecule has 0 saturated heterocycles.